The molecule has 4 aromatic rings. The molecule has 11 heteroatoms. The molecule has 1 aromatic carbocycles. The van der Waals surface area contributed by atoms with Gasteiger partial charge >= 0.3 is 6.09 Å². The largest absolute Gasteiger partial charge is 0.444 e. The second-order valence-corrected chi connectivity index (χ2v) is 13.3. The van der Waals surface area contributed by atoms with Crippen molar-refractivity contribution in [2.24, 2.45) is 0 Å². The molecule has 0 aliphatic carbocycles. The van der Waals surface area contributed by atoms with E-state index >= 15 is 0 Å². The van der Waals surface area contributed by atoms with E-state index in [1.54, 1.807) is 15.8 Å². The zero-order valence-electron chi connectivity index (χ0n) is 24.4. The third-order valence-corrected chi connectivity index (χ3v) is 7.50. The maximum Gasteiger partial charge on any atom is 0.410 e. The average Bonchev–Trinajstić information content (AvgIpc) is 3.46. The lowest BCUT2D eigenvalue weighted by Crippen LogP contribution is -2.39. The summed E-state index contributed by atoms with van der Waals surface area (Å²) in [4.78, 5) is 41.7. The first-order valence-electron chi connectivity index (χ1n) is 13.5. The van der Waals surface area contributed by atoms with Gasteiger partial charge in [-0.15, -0.1) is 11.3 Å². The van der Waals surface area contributed by atoms with Gasteiger partial charge in [-0.05, 0) is 64.3 Å². The van der Waals surface area contributed by atoms with Gasteiger partial charge in [-0.1, -0.05) is 26.8 Å². The molecular weight excluding hydrogens is 526 g/mol. The molecule has 10 nitrogen and oxygen atoms in total. The van der Waals surface area contributed by atoms with Gasteiger partial charge in [0.25, 0.3) is 5.56 Å². The van der Waals surface area contributed by atoms with Crippen molar-refractivity contribution >= 4 is 40.1 Å². The first-order valence-corrected chi connectivity index (χ1v) is 14.4. The monoisotopic (exact) mass is 563 g/mol. The van der Waals surface area contributed by atoms with Gasteiger partial charge in [0.1, 0.15) is 11.0 Å². The molecule has 0 fully saturated rings. The minimum absolute atomic E-state index is 0.0963. The fourth-order valence-corrected chi connectivity index (χ4v) is 5.71. The van der Waals surface area contributed by atoms with Crippen LogP contribution in [-0.4, -0.2) is 47.5 Å². The van der Waals surface area contributed by atoms with Crippen molar-refractivity contribution in [2.45, 2.75) is 85.4 Å². The Kier molecular flexibility index (Phi) is 6.98. The van der Waals surface area contributed by atoms with Crippen LogP contribution >= 0.6 is 11.3 Å². The van der Waals surface area contributed by atoms with E-state index in [0.717, 1.165) is 28.9 Å². The number of benzene rings is 1. The zero-order valence-corrected chi connectivity index (χ0v) is 25.2. The number of fused-ring (bicyclic) bond motifs is 2. The molecule has 212 valence electrons. The van der Waals surface area contributed by atoms with E-state index in [-0.39, 0.29) is 23.1 Å². The van der Waals surface area contributed by atoms with Gasteiger partial charge in [-0.3, -0.25) is 4.79 Å². The topological polar surface area (TPSA) is 107 Å². The summed E-state index contributed by atoms with van der Waals surface area (Å²) in [6.07, 6.45) is 2.01. The Morgan fingerprint density at radius 1 is 1.10 bits per heavy atom. The molecule has 5 rings (SSSR count). The summed E-state index contributed by atoms with van der Waals surface area (Å²) < 4.78 is 9.04. The first-order chi connectivity index (χ1) is 18.7. The number of carbonyl (C=O) groups excluding carboxylic acids is 1. The van der Waals surface area contributed by atoms with Crippen LogP contribution in [0.4, 0.5) is 16.4 Å². The van der Waals surface area contributed by atoms with Crippen molar-refractivity contribution in [1.82, 2.24) is 29.2 Å². The standard InChI is InChI=1S/C29H37N7O3S/c1-17(2)35-24(37)21-14-30-25(33-23(21)36(35)26-32-22(16-40-26)28(3,4)5)31-20-10-9-19-15-34(12-11-18(19)13-20)27(38)39-29(6,7)8/h9-10,13-14,16-17H,11-12,15H2,1-8H3,(H,30,31,33). The van der Waals surface area contributed by atoms with Crippen LogP contribution in [0.1, 0.15) is 78.3 Å². The number of hydrogen-bond acceptors (Lipinski definition) is 8. The second-order valence-electron chi connectivity index (χ2n) is 12.5. The molecule has 1 aliphatic heterocycles. The smallest absolute Gasteiger partial charge is 0.410 e. The molecule has 1 amide bonds. The number of nitrogens with zero attached hydrogens (tertiary/aromatic N) is 6. The lowest BCUT2D eigenvalue weighted by Gasteiger charge is -2.31. The minimum Gasteiger partial charge on any atom is -0.444 e. The molecule has 0 saturated heterocycles. The Morgan fingerprint density at radius 2 is 1.85 bits per heavy atom. The molecule has 1 aliphatic rings. The number of hydrogen-bond donors (Lipinski definition) is 1. The van der Waals surface area contributed by atoms with Crippen molar-refractivity contribution in [3.05, 3.63) is 57.0 Å². The predicted octanol–water partition coefficient (Wildman–Crippen LogP) is 5.95. The van der Waals surface area contributed by atoms with Gasteiger partial charge in [0, 0.05) is 41.8 Å². The molecule has 0 saturated carbocycles. The molecule has 0 spiro atoms. The Balaban J connectivity index is 1.45. The average molecular weight is 564 g/mol. The zero-order chi connectivity index (χ0) is 29.0. The van der Waals surface area contributed by atoms with Crippen LogP contribution in [0.3, 0.4) is 0 Å². The van der Waals surface area contributed by atoms with E-state index < -0.39 is 5.60 Å². The lowest BCUT2D eigenvalue weighted by molar-refractivity contribution is 0.0224. The molecule has 0 unspecified atom stereocenters. The van der Waals surface area contributed by atoms with Gasteiger partial charge in [-0.25, -0.2) is 24.1 Å². The van der Waals surface area contributed by atoms with E-state index in [9.17, 15) is 9.59 Å². The summed E-state index contributed by atoms with van der Waals surface area (Å²) in [6.45, 7) is 17.0. The second kappa shape index (κ2) is 10.0. The number of ether oxygens (including phenoxy) is 1. The summed E-state index contributed by atoms with van der Waals surface area (Å²) in [5.74, 6) is 0.390. The Bertz CT molecular complexity index is 1640. The van der Waals surface area contributed by atoms with E-state index in [0.29, 0.717) is 35.2 Å². The van der Waals surface area contributed by atoms with Crippen LogP contribution in [0.2, 0.25) is 0 Å². The highest BCUT2D eigenvalue weighted by atomic mass is 32.1. The fraction of sp³-hybridized carbons (Fsp3) is 0.483. The third kappa shape index (κ3) is 5.47. The van der Waals surface area contributed by atoms with Gasteiger partial charge in [-0.2, -0.15) is 4.98 Å². The van der Waals surface area contributed by atoms with E-state index in [2.05, 4.69) is 37.1 Å². The molecule has 40 heavy (non-hydrogen) atoms. The third-order valence-electron chi connectivity index (χ3n) is 6.68. The van der Waals surface area contributed by atoms with E-state index in [4.69, 9.17) is 14.7 Å². The highest BCUT2D eigenvalue weighted by molar-refractivity contribution is 7.12. The van der Waals surface area contributed by atoms with E-state index in [1.165, 1.54) is 11.3 Å². The molecule has 0 bridgehead atoms. The highest BCUT2D eigenvalue weighted by Gasteiger charge is 2.27. The first kappa shape index (κ1) is 27.8. The summed E-state index contributed by atoms with van der Waals surface area (Å²) in [5.41, 5.74) is 3.77. The van der Waals surface area contributed by atoms with Crippen molar-refractivity contribution in [2.75, 3.05) is 11.9 Å². The molecule has 4 heterocycles. The lowest BCUT2D eigenvalue weighted by atomic mass is 9.93. The van der Waals surface area contributed by atoms with E-state index in [1.807, 2.05) is 56.8 Å². The number of rotatable bonds is 4. The molecular formula is C29H37N7O3S. The fourth-order valence-electron chi connectivity index (χ4n) is 4.66. The Labute approximate surface area is 238 Å². The van der Waals surface area contributed by atoms with Crippen molar-refractivity contribution in [3.8, 4) is 5.13 Å². The maximum atomic E-state index is 13.3. The van der Waals surface area contributed by atoms with Gasteiger partial charge in [0.05, 0.1) is 5.69 Å². The number of anilines is 2. The minimum atomic E-state index is -0.526. The van der Waals surface area contributed by atoms with Gasteiger partial charge in [0.15, 0.2) is 5.65 Å². The van der Waals surface area contributed by atoms with Crippen LogP contribution in [0, 0.1) is 0 Å². The Hall–Kier alpha value is -3.73. The maximum absolute atomic E-state index is 13.3. The normalized spacial score (nSPS) is 14.1. The van der Waals surface area contributed by atoms with Crippen LogP contribution in [0.15, 0.2) is 34.6 Å². The highest BCUT2D eigenvalue weighted by Crippen LogP contribution is 2.29. The molecule has 0 atom stereocenters. The number of nitrogens with one attached hydrogen (secondary N) is 1. The number of thiazole rings is 1. The number of aromatic nitrogens is 5. The summed E-state index contributed by atoms with van der Waals surface area (Å²) >= 11 is 1.49. The number of amides is 1. The molecule has 3 aromatic heterocycles. The van der Waals surface area contributed by atoms with Crippen LogP contribution in [-0.2, 0) is 23.1 Å². The van der Waals surface area contributed by atoms with Gasteiger partial charge < -0.3 is 15.0 Å². The molecule has 0 radical (unpaired) electrons. The quantitative estimate of drug-likeness (QED) is 0.327. The van der Waals surface area contributed by atoms with Crippen molar-refractivity contribution < 1.29 is 9.53 Å². The van der Waals surface area contributed by atoms with Crippen LogP contribution in [0.25, 0.3) is 16.2 Å². The predicted molar refractivity (Wildman–Crippen MR) is 158 cm³/mol. The van der Waals surface area contributed by atoms with Gasteiger partial charge in [0.2, 0.25) is 11.1 Å². The van der Waals surface area contributed by atoms with Crippen molar-refractivity contribution in [3.63, 3.8) is 0 Å². The number of carbonyl (C=O) groups is 1. The van der Waals surface area contributed by atoms with Crippen LogP contribution < -0.4 is 10.9 Å². The summed E-state index contributed by atoms with van der Waals surface area (Å²) in [6, 6.07) is 5.94. The van der Waals surface area contributed by atoms with Crippen molar-refractivity contribution in [1.29, 1.82) is 0 Å². The van der Waals surface area contributed by atoms with Crippen LogP contribution in [0.5, 0.6) is 0 Å². The molecule has 1 N–H and O–H groups in total. The SMILES string of the molecule is CC(C)n1c(=O)c2cnc(Nc3ccc4c(c3)CCN(C(=O)OC(C)(C)C)C4)nc2n1-c1nc(C(C)(C)C)cs1. The Morgan fingerprint density at radius 3 is 2.50 bits per heavy atom. The summed E-state index contributed by atoms with van der Waals surface area (Å²) in [7, 11) is 0. The summed E-state index contributed by atoms with van der Waals surface area (Å²) in [5, 5.41) is 6.48.